The summed E-state index contributed by atoms with van der Waals surface area (Å²) in [6.45, 7) is -0.0619. The van der Waals surface area contributed by atoms with Gasteiger partial charge in [-0.1, -0.05) is 0 Å². The van der Waals surface area contributed by atoms with Crippen molar-refractivity contribution in [2.24, 2.45) is 5.41 Å². The van der Waals surface area contributed by atoms with E-state index in [1.807, 2.05) is 0 Å². The number of aliphatic hydroxyl groups excluding tert-OH is 1. The molecule has 1 aliphatic carbocycles. The highest BCUT2D eigenvalue weighted by molar-refractivity contribution is 7.89. The lowest BCUT2D eigenvalue weighted by atomic mass is 10.1. The van der Waals surface area contributed by atoms with Crippen molar-refractivity contribution in [3.8, 4) is 0 Å². The first-order chi connectivity index (χ1) is 9.19. The van der Waals surface area contributed by atoms with Crippen molar-refractivity contribution in [1.82, 2.24) is 9.71 Å². The van der Waals surface area contributed by atoms with E-state index in [9.17, 15) is 21.6 Å². The molecule has 2 N–H and O–H groups in total. The fourth-order valence-corrected chi connectivity index (χ4v) is 2.71. The van der Waals surface area contributed by atoms with Gasteiger partial charge in [-0.15, -0.1) is 0 Å². The van der Waals surface area contributed by atoms with Crippen LogP contribution >= 0.6 is 0 Å². The van der Waals surface area contributed by atoms with Gasteiger partial charge in [0.2, 0.25) is 10.0 Å². The molecule has 1 aliphatic rings. The van der Waals surface area contributed by atoms with Crippen molar-refractivity contribution in [2.75, 3.05) is 13.2 Å². The van der Waals surface area contributed by atoms with Crippen LogP contribution < -0.4 is 4.72 Å². The lowest BCUT2D eigenvalue weighted by Gasteiger charge is -2.13. The average Bonchev–Trinajstić information content (AvgIpc) is 3.16. The van der Waals surface area contributed by atoms with Gasteiger partial charge in [0.05, 0.1) is 0 Å². The molecule has 1 fully saturated rings. The van der Waals surface area contributed by atoms with Crippen molar-refractivity contribution in [3.63, 3.8) is 0 Å². The standard InChI is InChI=1S/C11H13F3N2O3S/c12-11(13,14)9-2-1-8(5-15-9)20(18,19)16-6-10(7-17)3-4-10/h1-2,5,16-17H,3-4,6-7H2. The van der Waals surface area contributed by atoms with Crippen LogP contribution in [0.15, 0.2) is 23.2 Å². The second-order valence-electron chi connectivity index (χ2n) is 4.86. The molecule has 0 unspecified atom stereocenters. The predicted molar refractivity (Wildman–Crippen MR) is 63.2 cm³/mol. The second-order valence-corrected chi connectivity index (χ2v) is 6.63. The Hall–Kier alpha value is -1.19. The first kappa shape index (κ1) is 15.2. The van der Waals surface area contributed by atoms with E-state index in [-0.39, 0.29) is 18.0 Å². The minimum atomic E-state index is -4.61. The van der Waals surface area contributed by atoms with E-state index in [1.165, 1.54) is 0 Å². The molecule has 0 bridgehead atoms. The van der Waals surface area contributed by atoms with Crippen LogP contribution in [0, 0.1) is 5.41 Å². The third kappa shape index (κ3) is 3.28. The van der Waals surface area contributed by atoms with Gasteiger partial charge in [0.15, 0.2) is 0 Å². The topological polar surface area (TPSA) is 79.3 Å². The van der Waals surface area contributed by atoms with Crippen LogP contribution in [0.5, 0.6) is 0 Å². The molecule has 0 spiro atoms. The van der Waals surface area contributed by atoms with E-state index >= 15 is 0 Å². The highest BCUT2D eigenvalue weighted by atomic mass is 32.2. The van der Waals surface area contributed by atoms with Crippen LogP contribution in [0.2, 0.25) is 0 Å². The summed E-state index contributed by atoms with van der Waals surface area (Å²) < 4.78 is 63.0. The van der Waals surface area contributed by atoms with Gasteiger partial charge in [-0.05, 0) is 25.0 Å². The molecule has 112 valence electrons. The number of aliphatic hydroxyl groups is 1. The summed E-state index contributed by atoms with van der Waals surface area (Å²) in [6, 6.07) is 1.48. The molecule has 0 amide bonds. The monoisotopic (exact) mass is 310 g/mol. The summed E-state index contributed by atoms with van der Waals surface area (Å²) >= 11 is 0. The number of hydrogen-bond donors (Lipinski definition) is 2. The van der Waals surface area contributed by atoms with Gasteiger partial charge in [0.25, 0.3) is 0 Å². The van der Waals surface area contributed by atoms with E-state index < -0.39 is 27.3 Å². The van der Waals surface area contributed by atoms with Crippen LogP contribution in [0.25, 0.3) is 0 Å². The molecule has 0 saturated heterocycles. The van der Waals surface area contributed by atoms with Crippen molar-refractivity contribution >= 4 is 10.0 Å². The highest BCUT2D eigenvalue weighted by Gasteiger charge is 2.42. The third-order valence-corrected chi connectivity index (χ3v) is 4.65. The van der Waals surface area contributed by atoms with Crippen molar-refractivity contribution in [1.29, 1.82) is 0 Å². The highest BCUT2D eigenvalue weighted by Crippen LogP contribution is 2.44. The largest absolute Gasteiger partial charge is 0.433 e. The van der Waals surface area contributed by atoms with E-state index in [1.54, 1.807) is 0 Å². The van der Waals surface area contributed by atoms with Crippen LogP contribution in [0.4, 0.5) is 13.2 Å². The normalized spacial score (nSPS) is 18.0. The first-order valence-electron chi connectivity index (χ1n) is 5.82. The number of nitrogens with zero attached hydrogens (tertiary/aromatic N) is 1. The molecular formula is C11H13F3N2O3S. The number of nitrogens with one attached hydrogen (secondary N) is 1. The Labute approximate surface area is 113 Å². The second kappa shape index (κ2) is 4.97. The smallest absolute Gasteiger partial charge is 0.396 e. The molecule has 1 heterocycles. The van der Waals surface area contributed by atoms with E-state index in [0.29, 0.717) is 12.3 Å². The Kier molecular flexibility index (Phi) is 3.78. The van der Waals surface area contributed by atoms with E-state index in [2.05, 4.69) is 9.71 Å². The number of sulfonamides is 1. The summed E-state index contributed by atoms with van der Waals surface area (Å²) in [4.78, 5) is 2.77. The lowest BCUT2D eigenvalue weighted by molar-refractivity contribution is -0.141. The maximum absolute atomic E-state index is 12.3. The Morgan fingerprint density at radius 2 is 2.00 bits per heavy atom. The van der Waals surface area contributed by atoms with Gasteiger partial charge >= 0.3 is 6.18 Å². The summed E-state index contributed by atoms with van der Waals surface area (Å²) in [5, 5.41) is 9.08. The molecule has 0 radical (unpaired) electrons. The van der Waals surface area contributed by atoms with Gasteiger partial charge in [-0.25, -0.2) is 13.1 Å². The minimum Gasteiger partial charge on any atom is -0.396 e. The Balaban J connectivity index is 2.10. The predicted octanol–water partition coefficient (Wildman–Crippen LogP) is 1.15. The molecule has 0 atom stereocenters. The SMILES string of the molecule is O=S(=O)(NCC1(CO)CC1)c1ccc(C(F)(F)F)nc1. The number of pyridine rings is 1. The van der Waals surface area contributed by atoms with Gasteiger partial charge in [0.1, 0.15) is 10.6 Å². The number of alkyl halides is 3. The summed E-state index contributed by atoms with van der Waals surface area (Å²) in [5.74, 6) is 0. The zero-order valence-electron chi connectivity index (χ0n) is 10.3. The molecular weight excluding hydrogens is 297 g/mol. The molecule has 1 aromatic rings. The Morgan fingerprint density at radius 1 is 1.35 bits per heavy atom. The summed E-state index contributed by atoms with van der Waals surface area (Å²) in [6.07, 6.45) is -2.50. The third-order valence-electron chi connectivity index (χ3n) is 3.27. The van der Waals surface area contributed by atoms with Crippen molar-refractivity contribution in [2.45, 2.75) is 23.9 Å². The zero-order valence-corrected chi connectivity index (χ0v) is 11.1. The summed E-state index contributed by atoms with van der Waals surface area (Å²) in [5.41, 5.74) is -1.57. The Morgan fingerprint density at radius 3 is 2.40 bits per heavy atom. The van der Waals surface area contributed by atoms with Crippen LogP contribution in [0.3, 0.4) is 0 Å². The molecule has 1 aromatic heterocycles. The van der Waals surface area contributed by atoms with Crippen LogP contribution in [0.1, 0.15) is 18.5 Å². The maximum atomic E-state index is 12.3. The molecule has 0 aromatic carbocycles. The minimum absolute atomic E-state index is 0.0624. The molecule has 0 aliphatic heterocycles. The fourth-order valence-electron chi connectivity index (χ4n) is 1.61. The maximum Gasteiger partial charge on any atom is 0.433 e. The molecule has 2 rings (SSSR count). The number of hydrogen-bond acceptors (Lipinski definition) is 4. The molecule has 20 heavy (non-hydrogen) atoms. The quantitative estimate of drug-likeness (QED) is 0.855. The Bertz CT molecular complexity index is 580. The number of halogens is 3. The van der Waals surface area contributed by atoms with Gasteiger partial charge in [0, 0.05) is 24.8 Å². The van der Waals surface area contributed by atoms with Crippen molar-refractivity contribution < 1.29 is 26.7 Å². The van der Waals surface area contributed by atoms with Crippen LogP contribution in [-0.4, -0.2) is 31.7 Å². The van der Waals surface area contributed by atoms with Gasteiger partial charge in [-0.3, -0.25) is 4.98 Å². The molecule has 1 saturated carbocycles. The van der Waals surface area contributed by atoms with E-state index in [0.717, 1.165) is 18.9 Å². The molecule has 5 nitrogen and oxygen atoms in total. The lowest BCUT2D eigenvalue weighted by Crippen LogP contribution is -2.32. The van der Waals surface area contributed by atoms with Gasteiger partial charge in [-0.2, -0.15) is 13.2 Å². The van der Waals surface area contributed by atoms with Crippen molar-refractivity contribution in [3.05, 3.63) is 24.0 Å². The summed E-state index contributed by atoms with van der Waals surface area (Å²) in [7, 11) is -3.92. The van der Waals surface area contributed by atoms with Crippen LogP contribution in [-0.2, 0) is 16.2 Å². The first-order valence-corrected chi connectivity index (χ1v) is 7.31. The molecule has 9 heteroatoms. The zero-order chi connectivity index (χ0) is 15.0. The van der Waals surface area contributed by atoms with Gasteiger partial charge < -0.3 is 5.11 Å². The number of aromatic nitrogens is 1. The average molecular weight is 310 g/mol. The van der Waals surface area contributed by atoms with E-state index in [4.69, 9.17) is 5.11 Å². The number of rotatable bonds is 5. The fraction of sp³-hybridized carbons (Fsp3) is 0.545.